The van der Waals surface area contributed by atoms with Gasteiger partial charge in [0.2, 0.25) is 11.8 Å². The van der Waals surface area contributed by atoms with Crippen LogP contribution in [0.25, 0.3) is 0 Å². The number of ether oxygens (including phenoxy) is 2. The first kappa shape index (κ1) is 18.1. The molecule has 1 aromatic heterocycles. The van der Waals surface area contributed by atoms with Crippen LogP contribution in [0.5, 0.6) is 0 Å². The molecule has 0 bridgehead atoms. The van der Waals surface area contributed by atoms with Crippen molar-refractivity contribution in [3.05, 3.63) is 65.0 Å². The molecule has 3 rings (SSSR count). The van der Waals surface area contributed by atoms with Crippen LogP contribution in [0.4, 0.5) is 0 Å². The number of methoxy groups -OCH3 is 1. The highest BCUT2D eigenvalue weighted by Crippen LogP contribution is 2.20. The Kier molecular flexibility index (Phi) is 5.96. The molecular formula is C20H23N3O3. The number of hydrogen-bond acceptors (Lipinski definition) is 5. The summed E-state index contributed by atoms with van der Waals surface area (Å²) in [5, 5.41) is 3.01. The summed E-state index contributed by atoms with van der Waals surface area (Å²) in [7, 11) is 1.63. The van der Waals surface area contributed by atoms with Gasteiger partial charge in [-0.05, 0) is 24.1 Å². The maximum Gasteiger partial charge on any atom is 0.226 e. The normalized spacial score (nSPS) is 13.7. The van der Waals surface area contributed by atoms with Gasteiger partial charge >= 0.3 is 0 Å². The van der Waals surface area contributed by atoms with Crippen molar-refractivity contribution < 1.29 is 14.3 Å². The quantitative estimate of drug-likeness (QED) is 0.776. The minimum Gasteiger partial charge on any atom is -0.475 e. The second-order valence-corrected chi connectivity index (χ2v) is 6.17. The number of hydrogen-bond donors (Lipinski definition) is 1. The van der Waals surface area contributed by atoms with Crippen molar-refractivity contribution in [3.63, 3.8) is 0 Å². The number of amides is 1. The Balaban J connectivity index is 1.57. The zero-order chi connectivity index (χ0) is 18.4. The topological polar surface area (TPSA) is 72.8 Å². The molecule has 2 heterocycles. The van der Waals surface area contributed by atoms with Gasteiger partial charge in [-0.15, -0.1) is 0 Å². The van der Waals surface area contributed by atoms with Gasteiger partial charge in [0.1, 0.15) is 6.61 Å². The fraction of sp³-hybridized carbons (Fsp3) is 0.350. The van der Waals surface area contributed by atoms with E-state index in [1.807, 2.05) is 43.3 Å². The first-order chi connectivity index (χ1) is 12.7. The fourth-order valence-electron chi connectivity index (χ4n) is 2.84. The molecule has 1 amide bonds. The Morgan fingerprint density at radius 1 is 1.27 bits per heavy atom. The van der Waals surface area contributed by atoms with Gasteiger partial charge < -0.3 is 14.8 Å². The summed E-state index contributed by atoms with van der Waals surface area (Å²) >= 11 is 0. The Labute approximate surface area is 153 Å². The summed E-state index contributed by atoms with van der Waals surface area (Å²) in [6.45, 7) is 3.49. The van der Waals surface area contributed by atoms with E-state index < -0.39 is 0 Å². The van der Waals surface area contributed by atoms with Gasteiger partial charge in [-0.25, -0.2) is 4.99 Å². The second kappa shape index (κ2) is 8.58. The minimum absolute atomic E-state index is 0.0396. The Morgan fingerprint density at radius 2 is 2.08 bits per heavy atom. The number of nitrogens with one attached hydrogen (secondary N) is 1. The predicted molar refractivity (Wildman–Crippen MR) is 99.0 cm³/mol. The number of rotatable bonds is 7. The molecule has 136 valence electrons. The smallest absolute Gasteiger partial charge is 0.226 e. The van der Waals surface area contributed by atoms with Crippen LogP contribution in [0.3, 0.4) is 0 Å². The molecule has 1 atom stereocenters. The summed E-state index contributed by atoms with van der Waals surface area (Å²) in [4.78, 5) is 21.1. The van der Waals surface area contributed by atoms with Crippen molar-refractivity contribution in [2.24, 2.45) is 4.99 Å². The molecule has 1 aliphatic rings. The number of aliphatic imine (C=N–C) groups is 1. The maximum atomic E-state index is 12.3. The van der Waals surface area contributed by atoms with Crippen LogP contribution in [0.2, 0.25) is 0 Å². The number of benzene rings is 1. The zero-order valence-electron chi connectivity index (χ0n) is 15.1. The van der Waals surface area contributed by atoms with Gasteiger partial charge in [0.25, 0.3) is 0 Å². The SMILES string of the molecule is COCCOC1=NCc2cc(CC(=O)N[C@H](C)c3ccccc3)ncc21. The van der Waals surface area contributed by atoms with E-state index in [0.717, 1.165) is 22.4 Å². The summed E-state index contributed by atoms with van der Waals surface area (Å²) in [6.07, 6.45) is 1.97. The molecule has 26 heavy (non-hydrogen) atoms. The van der Waals surface area contributed by atoms with Crippen LogP contribution in [-0.2, 0) is 27.2 Å². The molecule has 0 unspecified atom stereocenters. The van der Waals surface area contributed by atoms with E-state index in [1.54, 1.807) is 13.3 Å². The molecule has 0 radical (unpaired) electrons. The van der Waals surface area contributed by atoms with Crippen molar-refractivity contribution in [2.45, 2.75) is 25.9 Å². The molecule has 0 saturated carbocycles. The largest absolute Gasteiger partial charge is 0.475 e. The lowest BCUT2D eigenvalue weighted by Gasteiger charge is -2.14. The summed E-state index contributed by atoms with van der Waals surface area (Å²) in [5.74, 6) is 0.544. The third kappa shape index (κ3) is 4.46. The molecule has 0 fully saturated rings. The van der Waals surface area contributed by atoms with E-state index in [4.69, 9.17) is 9.47 Å². The first-order valence-electron chi connectivity index (χ1n) is 8.66. The Hall–Kier alpha value is -2.73. The van der Waals surface area contributed by atoms with Crippen LogP contribution in [-0.4, -0.2) is 37.1 Å². The van der Waals surface area contributed by atoms with E-state index in [-0.39, 0.29) is 18.4 Å². The minimum atomic E-state index is -0.0516. The highest BCUT2D eigenvalue weighted by molar-refractivity contribution is 5.97. The van der Waals surface area contributed by atoms with Crippen molar-refractivity contribution in [2.75, 3.05) is 20.3 Å². The molecule has 0 spiro atoms. The van der Waals surface area contributed by atoms with Gasteiger partial charge in [-0.2, -0.15) is 0 Å². The van der Waals surface area contributed by atoms with Crippen LogP contribution < -0.4 is 5.32 Å². The lowest BCUT2D eigenvalue weighted by atomic mass is 10.1. The van der Waals surface area contributed by atoms with Gasteiger partial charge in [-0.1, -0.05) is 30.3 Å². The van der Waals surface area contributed by atoms with Crippen LogP contribution >= 0.6 is 0 Å². The number of pyridine rings is 1. The zero-order valence-corrected chi connectivity index (χ0v) is 15.1. The van der Waals surface area contributed by atoms with Gasteiger partial charge in [0.15, 0.2) is 0 Å². The monoisotopic (exact) mass is 353 g/mol. The first-order valence-corrected chi connectivity index (χ1v) is 8.66. The molecule has 1 aliphatic heterocycles. The van der Waals surface area contributed by atoms with Crippen LogP contribution in [0.15, 0.2) is 47.6 Å². The van der Waals surface area contributed by atoms with Crippen molar-refractivity contribution in [3.8, 4) is 0 Å². The third-order valence-electron chi connectivity index (χ3n) is 4.21. The average Bonchev–Trinajstić information content (AvgIpc) is 3.05. The van der Waals surface area contributed by atoms with E-state index in [2.05, 4.69) is 15.3 Å². The number of nitrogens with zero attached hydrogens (tertiary/aromatic N) is 2. The molecule has 0 aliphatic carbocycles. The van der Waals surface area contributed by atoms with E-state index in [9.17, 15) is 4.79 Å². The predicted octanol–water partition coefficient (Wildman–Crippen LogP) is 2.42. The number of aromatic nitrogens is 1. The molecule has 6 nitrogen and oxygen atoms in total. The molecule has 2 aromatic rings. The van der Waals surface area contributed by atoms with E-state index in [0.29, 0.717) is 25.7 Å². The Morgan fingerprint density at radius 3 is 2.85 bits per heavy atom. The van der Waals surface area contributed by atoms with Gasteiger partial charge in [-0.3, -0.25) is 9.78 Å². The second-order valence-electron chi connectivity index (χ2n) is 6.17. The van der Waals surface area contributed by atoms with Gasteiger partial charge in [0, 0.05) is 13.3 Å². The van der Waals surface area contributed by atoms with E-state index >= 15 is 0 Å². The highest BCUT2D eigenvalue weighted by atomic mass is 16.5. The molecular weight excluding hydrogens is 330 g/mol. The van der Waals surface area contributed by atoms with E-state index in [1.165, 1.54) is 0 Å². The fourth-order valence-corrected chi connectivity index (χ4v) is 2.84. The van der Waals surface area contributed by atoms with Crippen molar-refractivity contribution in [1.29, 1.82) is 0 Å². The summed E-state index contributed by atoms with van der Waals surface area (Å²) in [6, 6.07) is 11.8. The van der Waals surface area contributed by atoms with Crippen molar-refractivity contribution in [1.82, 2.24) is 10.3 Å². The Bertz CT molecular complexity index is 790. The lowest BCUT2D eigenvalue weighted by molar-refractivity contribution is -0.121. The third-order valence-corrected chi connectivity index (χ3v) is 4.21. The number of fused-ring (bicyclic) bond motifs is 1. The molecule has 6 heteroatoms. The number of carbonyl (C=O) groups excluding carboxylic acids is 1. The number of carbonyl (C=O) groups is 1. The van der Waals surface area contributed by atoms with Gasteiger partial charge in [0.05, 0.1) is 36.9 Å². The molecule has 1 aromatic carbocycles. The van der Waals surface area contributed by atoms with Crippen LogP contribution in [0, 0.1) is 0 Å². The molecule has 0 saturated heterocycles. The summed E-state index contributed by atoms with van der Waals surface area (Å²) < 4.78 is 10.6. The standard InChI is InChI=1S/C20H23N3O3/c1-14(15-6-4-3-5-7-15)23-19(24)11-17-10-16-12-22-20(18(16)13-21-17)26-9-8-25-2/h3-7,10,13-14H,8-9,11-12H2,1-2H3,(H,23,24)/t14-/m1/s1. The highest BCUT2D eigenvalue weighted by Gasteiger charge is 2.19. The summed E-state index contributed by atoms with van der Waals surface area (Å²) in [5.41, 5.74) is 3.73. The maximum absolute atomic E-state index is 12.3. The average molecular weight is 353 g/mol. The van der Waals surface area contributed by atoms with Crippen molar-refractivity contribution >= 4 is 11.8 Å². The lowest BCUT2D eigenvalue weighted by Crippen LogP contribution is -2.28. The van der Waals surface area contributed by atoms with Crippen LogP contribution in [0.1, 0.15) is 35.3 Å². The molecule has 1 N–H and O–H groups in total.